The Morgan fingerprint density at radius 1 is 1.14 bits per heavy atom. The van der Waals surface area contributed by atoms with Crippen LogP contribution in [-0.2, 0) is 4.79 Å². The molecule has 0 aliphatic carbocycles. The highest BCUT2D eigenvalue weighted by Crippen LogP contribution is 2.37. The van der Waals surface area contributed by atoms with Gasteiger partial charge in [0.1, 0.15) is 0 Å². The Hall–Kier alpha value is -2.85. The zero-order valence-corrected chi connectivity index (χ0v) is 14.8. The lowest BCUT2D eigenvalue weighted by Gasteiger charge is -2.20. The molecule has 1 aromatic heterocycles. The van der Waals surface area contributed by atoms with Gasteiger partial charge in [0.25, 0.3) is 0 Å². The number of pyridine rings is 1. The number of halogens is 5. The zero-order chi connectivity index (χ0) is 21.1. The molecule has 1 aromatic carbocycles. The largest absolute Gasteiger partial charge is 0.493 e. The van der Waals surface area contributed by atoms with Crippen LogP contribution >= 0.6 is 0 Å². The lowest BCUT2D eigenvalue weighted by molar-refractivity contribution is -0.192. The molecule has 2 aromatic rings. The van der Waals surface area contributed by atoms with Crippen molar-refractivity contribution >= 4 is 22.6 Å². The molecule has 0 unspecified atom stereocenters. The number of alkyl halides is 5. The molecule has 11 heteroatoms. The van der Waals surface area contributed by atoms with E-state index in [9.17, 15) is 22.0 Å². The van der Waals surface area contributed by atoms with E-state index in [4.69, 9.17) is 19.4 Å². The number of hydrogen-bond acceptors (Lipinski definition) is 5. The number of aliphatic carboxylic acids is 1. The standard InChI is InChI=1S/C15H16F2N2O2.C2HF3O2/c1-20-14-5-9-12(6-15(14)21-2)18-4-3-13(9)19-7-10(16)11(17)8-19;3-2(4,5)1(6)7/h3-6,10-11H,7-8H2,1-2H3;(H,6,7)/t10-,11+;. The molecule has 3 rings (SSSR count). The highest BCUT2D eigenvalue weighted by molar-refractivity contribution is 5.94. The normalized spacial score (nSPS) is 19.2. The van der Waals surface area contributed by atoms with Crippen LogP contribution in [0.4, 0.5) is 27.6 Å². The quantitative estimate of drug-likeness (QED) is 0.786. The Kier molecular flexibility index (Phi) is 6.47. The van der Waals surface area contributed by atoms with Crippen molar-refractivity contribution in [1.29, 1.82) is 0 Å². The fourth-order valence-electron chi connectivity index (χ4n) is 2.65. The average Bonchev–Trinajstić information content (AvgIpc) is 2.98. The van der Waals surface area contributed by atoms with Crippen LogP contribution in [0.25, 0.3) is 10.9 Å². The van der Waals surface area contributed by atoms with Crippen LogP contribution in [0, 0.1) is 0 Å². The Balaban J connectivity index is 0.000000345. The van der Waals surface area contributed by atoms with Crippen LogP contribution in [0.2, 0.25) is 0 Å². The van der Waals surface area contributed by atoms with E-state index < -0.39 is 24.5 Å². The highest BCUT2D eigenvalue weighted by atomic mass is 19.4. The molecule has 0 radical (unpaired) electrons. The summed E-state index contributed by atoms with van der Waals surface area (Å²) >= 11 is 0. The number of carboxylic acid groups (broad SMARTS) is 1. The van der Waals surface area contributed by atoms with Crippen molar-refractivity contribution < 1.29 is 41.3 Å². The molecule has 28 heavy (non-hydrogen) atoms. The molecule has 2 atom stereocenters. The van der Waals surface area contributed by atoms with Crippen molar-refractivity contribution in [3.8, 4) is 11.5 Å². The smallest absolute Gasteiger partial charge is 0.490 e. The van der Waals surface area contributed by atoms with Crippen molar-refractivity contribution in [2.45, 2.75) is 18.5 Å². The molecule has 154 valence electrons. The first-order chi connectivity index (χ1) is 13.1. The molecular formula is C17H17F5N2O4. The molecule has 0 amide bonds. The highest BCUT2D eigenvalue weighted by Gasteiger charge is 2.38. The summed E-state index contributed by atoms with van der Waals surface area (Å²) in [6.45, 7) is 0.100. The maximum absolute atomic E-state index is 13.4. The number of methoxy groups -OCH3 is 2. The van der Waals surface area contributed by atoms with Gasteiger partial charge in [0, 0.05) is 23.3 Å². The maximum atomic E-state index is 13.4. The second-order valence-electron chi connectivity index (χ2n) is 5.79. The zero-order valence-electron chi connectivity index (χ0n) is 14.8. The van der Waals surface area contributed by atoms with Crippen molar-refractivity contribution in [2.24, 2.45) is 0 Å². The van der Waals surface area contributed by atoms with Gasteiger partial charge in [-0.2, -0.15) is 13.2 Å². The molecule has 1 aliphatic heterocycles. The van der Waals surface area contributed by atoms with E-state index in [-0.39, 0.29) is 13.1 Å². The third kappa shape index (κ3) is 4.70. The molecule has 1 fully saturated rings. The van der Waals surface area contributed by atoms with Gasteiger partial charge in [-0.25, -0.2) is 13.6 Å². The van der Waals surface area contributed by atoms with Crippen molar-refractivity contribution in [2.75, 3.05) is 32.2 Å². The predicted octanol–water partition coefficient (Wildman–Crippen LogP) is 3.38. The molecular weight excluding hydrogens is 391 g/mol. The fraction of sp³-hybridized carbons (Fsp3) is 0.412. The van der Waals surface area contributed by atoms with Gasteiger partial charge in [0.05, 0.1) is 32.8 Å². The third-order valence-electron chi connectivity index (χ3n) is 3.99. The van der Waals surface area contributed by atoms with Gasteiger partial charge in [-0.3, -0.25) is 4.98 Å². The van der Waals surface area contributed by atoms with E-state index >= 15 is 0 Å². The summed E-state index contributed by atoms with van der Waals surface area (Å²) in [7, 11) is 3.10. The number of aromatic nitrogens is 1. The van der Waals surface area contributed by atoms with Crippen LogP contribution in [0.1, 0.15) is 0 Å². The summed E-state index contributed by atoms with van der Waals surface area (Å²) in [6, 6.07) is 5.31. The third-order valence-corrected chi connectivity index (χ3v) is 3.99. The van der Waals surface area contributed by atoms with Crippen LogP contribution < -0.4 is 14.4 Å². The Morgan fingerprint density at radius 2 is 1.64 bits per heavy atom. The van der Waals surface area contributed by atoms with Crippen LogP contribution in [-0.4, -0.2) is 61.9 Å². The van der Waals surface area contributed by atoms with Gasteiger partial charge < -0.3 is 19.5 Å². The van der Waals surface area contributed by atoms with E-state index in [2.05, 4.69) is 4.98 Å². The number of hydrogen-bond donors (Lipinski definition) is 1. The number of rotatable bonds is 3. The maximum Gasteiger partial charge on any atom is 0.490 e. The molecule has 2 heterocycles. The summed E-state index contributed by atoms with van der Waals surface area (Å²) in [5.74, 6) is -1.62. The van der Waals surface area contributed by atoms with Gasteiger partial charge in [-0.1, -0.05) is 0 Å². The first-order valence-corrected chi connectivity index (χ1v) is 7.92. The molecule has 1 N–H and O–H groups in total. The number of nitrogens with zero attached hydrogens (tertiary/aromatic N) is 2. The Bertz CT molecular complexity index is 836. The minimum absolute atomic E-state index is 0.0502. The lowest BCUT2D eigenvalue weighted by atomic mass is 10.1. The van der Waals surface area contributed by atoms with E-state index in [0.29, 0.717) is 17.0 Å². The number of fused-ring (bicyclic) bond motifs is 1. The minimum Gasteiger partial charge on any atom is -0.493 e. The minimum atomic E-state index is -5.08. The number of anilines is 1. The Morgan fingerprint density at radius 3 is 2.11 bits per heavy atom. The van der Waals surface area contributed by atoms with E-state index in [1.165, 1.54) is 0 Å². The molecule has 1 aliphatic rings. The first-order valence-electron chi connectivity index (χ1n) is 7.92. The molecule has 0 spiro atoms. The van der Waals surface area contributed by atoms with Crippen molar-refractivity contribution in [3.63, 3.8) is 0 Å². The summed E-state index contributed by atoms with van der Waals surface area (Å²) in [5, 5.41) is 7.91. The summed E-state index contributed by atoms with van der Waals surface area (Å²) in [6.07, 6.45) is -6.36. The summed E-state index contributed by atoms with van der Waals surface area (Å²) in [4.78, 5) is 14.9. The molecule has 0 saturated carbocycles. The van der Waals surface area contributed by atoms with Gasteiger partial charge in [0.2, 0.25) is 0 Å². The predicted molar refractivity (Wildman–Crippen MR) is 90.5 cm³/mol. The second kappa shape index (κ2) is 8.44. The topological polar surface area (TPSA) is 71.9 Å². The Labute approximate surface area is 156 Å². The SMILES string of the molecule is COc1cc2nccc(N3C[C@@H](F)[C@@H](F)C3)c2cc1OC.O=C(O)C(F)(F)F. The molecule has 1 saturated heterocycles. The lowest BCUT2D eigenvalue weighted by Crippen LogP contribution is -2.21. The van der Waals surface area contributed by atoms with Gasteiger partial charge in [-0.15, -0.1) is 0 Å². The van der Waals surface area contributed by atoms with Gasteiger partial charge in [-0.05, 0) is 12.1 Å². The monoisotopic (exact) mass is 408 g/mol. The summed E-state index contributed by atoms with van der Waals surface area (Å²) in [5.41, 5.74) is 1.45. The van der Waals surface area contributed by atoms with Crippen molar-refractivity contribution in [3.05, 3.63) is 24.4 Å². The van der Waals surface area contributed by atoms with E-state index in [1.807, 2.05) is 0 Å². The van der Waals surface area contributed by atoms with Gasteiger partial charge >= 0.3 is 12.1 Å². The van der Waals surface area contributed by atoms with Crippen LogP contribution in [0.5, 0.6) is 11.5 Å². The number of benzene rings is 1. The molecule has 0 bridgehead atoms. The van der Waals surface area contributed by atoms with E-state index in [1.54, 1.807) is 43.5 Å². The number of ether oxygens (including phenoxy) is 2. The second-order valence-corrected chi connectivity index (χ2v) is 5.79. The fourth-order valence-corrected chi connectivity index (χ4v) is 2.65. The average molecular weight is 408 g/mol. The number of carbonyl (C=O) groups is 1. The summed E-state index contributed by atoms with van der Waals surface area (Å²) < 4.78 is 69.1. The van der Waals surface area contributed by atoms with Crippen LogP contribution in [0.15, 0.2) is 24.4 Å². The van der Waals surface area contributed by atoms with Crippen LogP contribution in [0.3, 0.4) is 0 Å². The first kappa shape index (κ1) is 21.5. The molecule has 6 nitrogen and oxygen atoms in total. The number of carboxylic acids is 1. The van der Waals surface area contributed by atoms with Gasteiger partial charge in [0.15, 0.2) is 23.8 Å². The van der Waals surface area contributed by atoms with E-state index in [0.717, 1.165) is 11.1 Å². The van der Waals surface area contributed by atoms with Crippen molar-refractivity contribution in [1.82, 2.24) is 4.98 Å².